The Labute approximate surface area is 86.2 Å². The second-order valence-corrected chi connectivity index (χ2v) is 4.54. The largest absolute Gasteiger partial charge is 0.370 e. The third-order valence-electron chi connectivity index (χ3n) is 2.14. The van der Waals surface area contributed by atoms with Crippen molar-refractivity contribution in [3.8, 4) is 0 Å². The van der Waals surface area contributed by atoms with Gasteiger partial charge in [-0.1, -0.05) is 13.8 Å². The quantitative estimate of drug-likeness (QED) is 0.799. The maximum atomic E-state index is 5.37. The summed E-state index contributed by atoms with van der Waals surface area (Å²) < 4.78 is 8.36. The Hall–Kier alpha value is -0.350. The smallest absolute Gasteiger partial charge is 0.134 e. The lowest BCUT2D eigenvalue weighted by Crippen LogP contribution is -2.09. The number of ether oxygens (including phenoxy) is 1. The van der Waals surface area contributed by atoms with Gasteiger partial charge in [0.1, 0.15) is 4.60 Å². The Kier molecular flexibility index (Phi) is 2.43. The molecule has 0 N–H and O–H groups in total. The molecule has 1 aromatic rings. The zero-order chi connectivity index (χ0) is 9.42. The summed E-state index contributed by atoms with van der Waals surface area (Å²) in [6, 6.07) is 0. The Morgan fingerprint density at radius 1 is 1.54 bits per heavy atom. The minimum Gasteiger partial charge on any atom is -0.370 e. The van der Waals surface area contributed by atoms with Crippen LogP contribution in [0.5, 0.6) is 0 Å². The second-order valence-electron chi connectivity index (χ2n) is 3.78. The van der Waals surface area contributed by atoms with Crippen LogP contribution in [0.3, 0.4) is 0 Å². The van der Waals surface area contributed by atoms with E-state index in [2.05, 4.69) is 39.6 Å². The molecule has 2 rings (SSSR count). The standard InChI is InChI=1S/C9H13BrN2O/c1-6(2)3-12-8-5-13-4-7(8)9(10)11-12/h6H,3-5H2,1-2H3. The fourth-order valence-electron chi connectivity index (χ4n) is 1.55. The lowest BCUT2D eigenvalue weighted by atomic mass is 10.2. The molecule has 1 aliphatic rings. The molecule has 72 valence electrons. The van der Waals surface area contributed by atoms with E-state index in [-0.39, 0.29) is 0 Å². The summed E-state index contributed by atoms with van der Waals surface area (Å²) in [5.74, 6) is 0.622. The number of halogens is 1. The van der Waals surface area contributed by atoms with Crippen molar-refractivity contribution in [2.45, 2.75) is 33.6 Å². The third-order valence-corrected chi connectivity index (χ3v) is 2.78. The van der Waals surface area contributed by atoms with Crippen LogP contribution in [-0.4, -0.2) is 9.78 Å². The molecule has 0 radical (unpaired) electrons. The van der Waals surface area contributed by atoms with Gasteiger partial charge in [-0.25, -0.2) is 0 Å². The molecule has 0 fully saturated rings. The van der Waals surface area contributed by atoms with Gasteiger partial charge in [0.25, 0.3) is 0 Å². The van der Waals surface area contributed by atoms with Crippen molar-refractivity contribution in [3.05, 3.63) is 15.9 Å². The summed E-state index contributed by atoms with van der Waals surface area (Å²) in [6.45, 7) is 6.77. The SMILES string of the molecule is CC(C)Cn1nc(Br)c2c1COC2. The van der Waals surface area contributed by atoms with Gasteiger partial charge in [0, 0.05) is 12.1 Å². The first-order valence-corrected chi connectivity index (χ1v) is 5.29. The normalized spacial score (nSPS) is 15.4. The average Bonchev–Trinajstić information content (AvgIpc) is 2.56. The maximum Gasteiger partial charge on any atom is 0.134 e. The van der Waals surface area contributed by atoms with Crippen LogP contribution in [0.4, 0.5) is 0 Å². The molecule has 0 saturated carbocycles. The van der Waals surface area contributed by atoms with E-state index < -0.39 is 0 Å². The van der Waals surface area contributed by atoms with Crippen LogP contribution in [0.15, 0.2) is 4.60 Å². The van der Waals surface area contributed by atoms with Gasteiger partial charge in [0.05, 0.1) is 18.9 Å². The number of hydrogen-bond donors (Lipinski definition) is 0. The number of nitrogens with zero attached hydrogens (tertiary/aromatic N) is 2. The highest BCUT2D eigenvalue weighted by molar-refractivity contribution is 9.10. The lowest BCUT2D eigenvalue weighted by Gasteiger charge is -2.07. The summed E-state index contributed by atoms with van der Waals surface area (Å²) in [7, 11) is 0. The summed E-state index contributed by atoms with van der Waals surface area (Å²) in [5, 5.41) is 4.43. The number of fused-ring (bicyclic) bond motifs is 1. The molecule has 0 amide bonds. The van der Waals surface area contributed by atoms with Gasteiger partial charge in [-0.3, -0.25) is 4.68 Å². The molecule has 1 aliphatic heterocycles. The van der Waals surface area contributed by atoms with Gasteiger partial charge in [-0.15, -0.1) is 0 Å². The van der Waals surface area contributed by atoms with E-state index in [1.54, 1.807) is 0 Å². The van der Waals surface area contributed by atoms with Crippen LogP contribution in [0.25, 0.3) is 0 Å². The average molecular weight is 245 g/mol. The zero-order valence-corrected chi connectivity index (χ0v) is 9.47. The predicted octanol–water partition coefficient (Wildman–Crippen LogP) is 2.33. The molecule has 0 atom stereocenters. The van der Waals surface area contributed by atoms with Gasteiger partial charge in [-0.05, 0) is 21.8 Å². The van der Waals surface area contributed by atoms with E-state index in [4.69, 9.17) is 4.74 Å². The van der Waals surface area contributed by atoms with Crippen molar-refractivity contribution in [1.29, 1.82) is 0 Å². The van der Waals surface area contributed by atoms with Crippen LogP contribution in [0, 0.1) is 5.92 Å². The van der Waals surface area contributed by atoms with Gasteiger partial charge in [0.2, 0.25) is 0 Å². The fourth-order valence-corrected chi connectivity index (χ4v) is 2.09. The molecule has 0 saturated heterocycles. The first kappa shape index (κ1) is 9.21. The zero-order valence-electron chi connectivity index (χ0n) is 7.88. The number of hydrogen-bond acceptors (Lipinski definition) is 2. The van der Waals surface area contributed by atoms with Crippen LogP contribution >= 0.6 is 15.9 Å². The van der Waals surface area contributed by atoms with Crippen molar-refractivity contribution in [3.63, 3.8) is 0 Å². The third kappa shape index (κ3) is 1.65. The van der Waals surface area contributed by atoms with E-state index >= 15 is 0 Å². The highest BCUT2D eigenvalue weighted by Gasteiger charge is 2.21. The second kappa shape index (κ2) is 3.42. The Morgan fingerprint density at radius 2 is 2.31 bits per heavy atom. The summed E-state index contributed by atoms with van der Waals surface area (Å²) in [6.07, 6.45) is 0. The minimum absolute atomic E-state index is 0.622. The molecule has 0 aromatic carbocycles. The molecule has 2 heterocycles. The topological polar surface area (TPSA) is 27.1 Å². The van der Waals surface area contributed by atoms with Crippen molar-refractivity contribution in [2.75, 3.05) is 0 Å². The highest BCUT2D eigenvalue weighted by atomic mass is 79.9. The van der Waals surface area contributed by atoms with E-state index in [9.17, 15) is 0 Å². The van der Waals surface area contributed by atoms with Crippen molar-refractivity contribution >= 4 is 15.9 Å². The van der Waals surface area contributed by atoms with Gasteiger partial charge >= 0.3 is 0 Å². The summed E-state index contributed by atoms with van der Waals surface area (Å²) in [4.78, 5) is 0. The molecule has 13 heavy (non-hydrogen) atoms. The molecule has 0 spiro atoms. The molecule has 0 bridgehead atoms. The van der Waals surface area contributed by atoms with Crippen LogP contribution in [0.1, 0.15) is 25.1 Å². The fraction of sp³-hybridized carbons (Fsp3) is 0.667. The van der Waals surface area contributed by atoms with E-state index in [0.29, 0.717) is 19.1 Å². The summed E-state index contributed by atoms with van der Waals surface area (Å²) >= 11 is 3.45. The molecule has 4 heteroatoms. The van der Waals surface area contributed by atoms with E-state index in [0.717, 1.165) is 11.1 Å². The minimum atomic E-state index is 0.622. The van der Waals surface area contributed by atoms with Gasteiger partial charge < -0.3 is 4.74 Å². The predicted molar refractivity (Wildman–Crippen MR) is 53.3 cm³/mol. The molecule has 0 aliphatic carbocycles. The van der Waals surface area contributed by atoms with E-state index in [1.807, 2.05) is 0 Å². The first-order valence-electron chi connectivity index (χ1n) is 4.50. The van der Waals surface area contributed by atoms with Crippen LogP contribution in [-0.2, 0) is 24.5 Å². The molecule has 3 nitrogen and oxygen atoms in total. The van der Waals surface area contributed by atoms with Crippen LogP contribution in [0.2, 0.25) is 0 Å². The Balaban J connectivity index is 2.31. The summed E-state index contributed by atoms with van der Waals surface area (Å²) in [5.41, 5.74) is 2.46. The molecular formula is C9H13BrN2O. The van der Waals surface area contributed by atoms with Gasteiger partial charge in [0.15, 0.2) is 0 Å². The van der Waals surface area contributed by atoms with Crippen molar-refractivity contribution < 1.29 is 4.74 Å². The molecule has 1 aromatic heterocycles. The molecular weight excluding hydrogens is 232 g/mol. The maximum absolute atomic E-state index is 5.37. The van der Waals surface area contributed by atoms with E-state index in [1.165, 1.54) is 11.3 Å². The number of rotatable bonds is 2. The Morgan fingerprint density at radius 3 is 3.00 bits per heavy atom. The van der Waals surface area contributed by atoms with Crippen LogP contribution < -0.4 is 0 Å². The number of aromatic nitrogens is 2. The lowest BCUT2D eigenvalue weighted by molar-refractivity contribution is 0.128. The van der Waals surface area contributed by atoms with Gasteiger partial charge in [-0.2, -0.15) is 5.10 Å². The Bertz CT molecular complexity index is 320. The monoisotopic (exact) mass is 244 g/mol. The molecule has 0 unspecified atom stereocenters. The first-order chi connectivity index (χ1) is 6.18. The highest BCUT2D eigenvalue weighted by Crippen LogP contribution is 2.27. The van der Waals surface area contributed by atoms with Crippen molar-refractivity contribution in [2.24, 2.45) is 5.92 Å². The van der Waals surface area contributed by atoms with Crippen molar-refractivity contribution in [1.82, 2.24) is 9.78 Å².